The molecule has 1 aromatic carbocycles. The molecule has 40 heavy (non-hydrogen) atoms. The lowest BCUT2D eigenvalue weighted by Gasteiger charge is -2.47. The summed E-state index contributed by atoms with van der Waals surface area (Å²) in [5.41, 5.74) is -3.14. The molecule has 0 aliphatic carbocycles. The minimum absolute atomic E-state index is 0.0110. The Morgan fingerprint density at radius 2 is 1.73 bits per heavy atom. The molecule has 0 N–H and O–H groups in total. The van der Waals surface area contributed by atoms with Gasteiger partial charge in [-0.25, -0.2) is 0 Å². The van der Waals surface area contributed by atoms with Gasteiger partial charge in [-0.15, -0.1) is 11.3 Å². The highest BCUT2D eigenvalue weighted by atomic mass is 79.9. The first-order valence-corrected chi connectivity index (χ1v) is 15.0. The highest BCUT2D eigenvalue weighted by molar-refractivity contribution is 9.10. The summed E-state index contributed by atoms with van der Waals surface area (Å²) < 4.78 is 43.5. The number of methoxy groups -OCH3 is 1. The predicted octanol–water partition coefficient (Wildman–Crippen LogP) is 5.39. The van der Waals surface area contributed by atoms with Gasteiger partial charge in [0.1, 0.15) is 17.5 Å². The summed E-state index contributed by atoms with van der Waals surface area (Å²) in [6.45, 7) is 13.4. The van der Waals surface area contributed by atoms with Crippen LogP contribution in [0.2, 0.25) is 0 Å². The summed E-state index contributed by atoms with van der Waals surface area (Å²) in [6, 6.07) is 5.61. The molecule has 3 fully saturated rings. The Balaban J connectivity index is 1.32. The number of carbonyl (C=O) groups is 2. The van der Waals surface area contributed by atoms with Crippen molar-refractivity contribution in [1.29, 1.82) is 0 Å². The SMILES string of the molecule is COCOc1cc2sc(C(=O)C[C@H](C)C(=O)OC3CC4(C)OB(OC4(C)C)B4OC(C)(C)C3(C)O4)cc2cc1Br. The van der Waals surface area contributed by atoms with Gasteiger partial charge in [0.05, 0.1) is 32.1 Å². The number of ether oxygens (including phenoxy) is 3. The van der Waals surface area contributed by atoms with Crippen LogP contribution in [-0.2, 0) is 32.9 Å². The molecular weight excluding hydrogens is 602 g/mol. The Bertz CT molecular complexity index is 1330. The average Bonchev–Trinajstić information content (AvgIpc) is 3.46. The number of carbonyl (C=O) groups excluding carboxylic acids is 2. The van der Waals surface area contributed by atoms with Crippen LogP contribution in [0.15, 0.2) is 22.7 Å². The number of thiophene rings is 1. The zero-order valence-corrected chi connectivity index (χ0v) is 26.5. The fraction of sp³-hybridized carbons (Fsp3) is 0.630. The molecule has 1 aromatic heterocycles. The predicted molar refractivity (Wildman–Crippen MR) is 155 cm³/mol. The molecule has 5 rings (SSSR count). The van der Waals surface area contributed by atoms with E-state index in [0.29, 0.717) is 17.0 Å². The van der Waals surface area contributed by atoms with Crippen molar-refractivity contribution in [2.24, 2.45) is 5.92 Å². The van der Waals surface area contributed by atoms with Crippen molar-refractivity contribution in [3.05, 3.63) is 27.5 Å². The second-order valence-corrected chi connectivity index (χ2v) is 14.1. The van der Waals surface area contributed by atoms with Crippen molar-refractivity contribution in [3.63, 3.8) is 0 Å². The van der Waals surface area contributed by atoms with Crippen molar-refractivity contribution < 1.29 is 42.4 Å². The lowest BCUT2D eigenvalue weighted by Crippen LogP contribution is -2.60. The fourth-order valence-corrected chi connectivity index (χ4v) is 6.96. The highest BCUT2D eigenvalue weighted by Crippen LogP contribution is 2.52. The third kappa shape index (κ3) is 5.05. The Morgan fingerprint density at radius 3 is 2.42 bits per heavy atom. The summed E-state index contributed by atoms with van der Waals surface area (Å²) in [4.78, 5) is 27.3. The summed E-state index contributed by atoms with van der Waals surface area (Å²) in [6.07, 6.45) is -0.342. The van der Waals surface area contributed by atoms with Gasteiger partial charge in [-0.2, -0.15) is 0 Å². The number of halogens is 1. The van der Waals surface area contributed by atoms with Crippen LogP contribution in [0.4, 0.5) is 0 Å². The maximum atomic E-state index is 13.5. The van der Waals surface area contributed by atoms with Gasteiger partial charge in [0, 0.05) is 24.7 Å². The molecule has 3 aliphatic heterocycles. The largest absolute Gasteiger partial charge is 0.489 e. The van der Waals surface area contributed by atoms with E-state index in [2.05, 4.69) is 15.9 Å². The summed E-state index contributed by atoms with van der Waals surface area (Å²) in [7, 11) is 0.117. The number of hydrogen-bond acceptors (Lipinski definition) is 10. The van der Waals surface area contributed by atoms with Crippen LogP contribution in [0.3, 0.4) is 0 Å². The third-order valence-corrected chi connectivity index (χ3v) is 10.5. The zero-order valence-electron chi connectivity index (χ0n) is 24.1. The standard InChI is InChI=1S/C27H35B2BrO9S/c1-15(9-18(31)21-11-16-10-17(30)19(34-14-33-8)12-20(16)40-21)23(32)35-22-13-26(6)24(2,3)36-28(38-26)29-37-25(4,5)27(22,7)39-29/h10-12,15,22H,9,13-14H2,1-8H3/t15-,22?,26?,27?/m0/s1. The van der Waals surface area contributed by atoms with Crippen LogP contribution in [0.25, 0.3) is 10.1 Å². The first kappa shape index (κ1) is 30.0. The second-order valence-electron chi connectivity index (χ2n) is 12.2. The van der Waals surface area contributed by atoms with Crippen LogP contribution in [0.5, 0.6) is 5.75 Å². The van der Waals surface area contributed by atoms with E-state index in [0.717, 1.165) is 14.6 Å². The van der Waals surface area contributed by atoms with Gasteiger partial charge in [-0.05, 0) is 81.1 Å². The Morgan fingerprint density at radius 1 is 1.05 bits per heavy atom. The Labute approximate surface area is 247 Å². The quantitative estimate of drug-likeness (QED) is 0.163. The lowest BCUT2D eigenvalue weighted by atomic mass is 9.49. The van der Waals surface area contributed by atoms with Gasteiger partial charge in [0.25, 0.3) is 0 Å². The van der Waals surface area contributed by atoms with Gasteiger partial charge in [0.15, 0.2) is 12.6 Å². The molecule has 216 valence electrons. The topological polar surface area (TPSA) is 98.8 Å². The molecular formula is C27H35B2BrO9S. The van der Waals surface area contributed by atoms with E-state index < -0.39 is 54.4 Å². The van der Waals surface area contributed by atoms with Crippen molar-refractivity contribution in [1.82, 2.24) is 0 Å². The molecule has 0 radical (unpaired) electrons. The number of esters is 1. The van der Waals surface area contributed by atoms with Crippen molar-refractivity contribution in [2.45, 2.75) is 89.8 Å². The number of fused-ring (bicyclic) bond motifs is 6. The third-order valence-electron chi connectivity index (χ3n) is 8.77. The van der Waals surface area contributed by atoms with E-state index in [-0.39, 0.29) is 19.0 Å². The maximum Gasteiger partial charge on any atom is 0.489 e. The first-order valence-electron chi connectivity index (χ1n) is 13.4. The maximum absolute atomic E-state index is 13.5. The van der Waals surface area contributed by atoms with Crippen LogP contribution < -0.4 is 4.74 Å². The minimum atomic E-state index is -0.953. The van der Waals surface area contributed by atoms with Gasteiger partial charge < -0.3 is 32.8 Å². The first-order chi connectivity index (χ1) is 18.6. The molecule has 13 heteroatoms. The highest BCUT2D eigenvalue weighted by Gasteiger charge is 2.71. The van der Waals surface area contributed by atoms with E-state index in [1.807, 2.05) is 59.7 Å². The van der Waals surface area contributed by atoms with E-state index in [4.69, 9.17) is 32.8 Å². The number of benzene rings is 1. The van der Waals surface area contributed by atoms with E-state index in [9.17, 15) is 9.59 Å². The number of Topliss-reactive ketones (excluding diaryl/α,β-unsaturated/α-hetero) is 1. The molecule has 9 nitrogen and oxygen atoms in total. The molecule has 4 bridgehead atoms. The average molecular weight is 637 g/mol. The normalized spacial score (nSPS) is 29.3. The Kier molecular flexibility index (Phi) is 7.77. The molecule has 0 amide bonds. The molecule has 3 unspecified atom stereocenters. The minimum Gasteiger partial charge on any atom is -0.466 e. The van der Waals surface area contributed by atoms with Crippen LogP contribution in [0, 0.1) is 5.92 Å². The zero-order chi connectivity index (χ0) is 29.3. The lowest BCUT2D eigenvalue weighted by molar-refractivity contribution is -0.182. The summed E-state index contributed by atoms with van der Waals surface area (Å²) >= 11 is 4.86. The summed E-state index contributed by atoms with van der Waals surface area (Å²) in [5, 5.41) is 0.908. The molecule has 3 aliphatic rings. The van der Waals surface area contributed by atoms with E-state index in [1.54, 1.807) is 14.0 Å². The molecule has 4 heterocycles. The Hall–Kier alpha value is -1.47. The number of rotatable bonds is 8. The van der Waals surface area contributed by atoms with Gasteiger partial charge in [-0.3, -0.25) is 9.59 Å². The number of ketones is 1. The fourth-order valence-electron chi connectivity index (χ4n) is 5.46. The van der Waals surface area contributed by atoms with E-state index in [1.165, 1.54) is 11.3 Å². The van der Waals surface area contributed by atoms with Crippen molar-refractivity contribution in [3.8, 4) is 5.75 Å². The smallest absolute Gasteiger partial charge is 0.466 e. The van der Waals surface area contributed by atoms with Crippen LogP contribution >= 0.6 is 27.3 Å². The molecule has 0 spiro atoms. The monoisotopic (exact) mass is 636 g/mol. The van der Waals surface area contributed by atoms with Gasteiger partial charge >= 0.3 is 20.0 Å². The van der Waals surface area contributed by atoms with Crippen LogP contribution in [0.1, 0.15) is 71.0 Å². The van der Waals surface area contributed by atoms with Crippen LogP contribution in [-0.4, -0.2) is 68.2 Å². The van der Waals surface area contributed by atoms with E-state index >= 15 is 0 Å². The van der Waals surface area contributed by atoms with Gasteiger partial charge in [-0.1, -0.05) is 6.92 Å². The second kappa shape index (κ2) is 10.4. The molecule has 4 atom stereocenters. The molecule has 0 saturated carbocycles. The van der Waals surface area contributed by atoms with Gasteiger partial charge in [0.2, 0.25) is 0 Å². The molecule has 2 aromatic rings. The summed E-state index contributed by atoms with van der Waals surface area (Å²) in [5.74, 6) is -0.647. The van der Waals surface area contributed by atoms with Crippen molar-refractivity contribution in [2.75, 3.05) is 13.9 Å². The number of hydrogen-bond donors (Lipinski definition) is 0. The molecule has 3 saturated heterocycles. The van der Waals surface area contributed by atoms with Crippen molar-refractivity contribution >= 4 is 63.1 Å².